The Labute approximate surface area is 331 Å². The molecule has 5 nitrogen and oxygen atoms in total. The molecule has 1 atom stereocenters. The number of benzene rings is 8. The van der Waals surface area contributed by atoms with Crippen molar-refractivity contribution in [1.82, 2.24) is 0 Å². The van der Waals surface area contributed by atoms with Gasteiger partial charge in [-0.3, -0.25) is 0 Å². The molecule has 1 unspecified atom stereocenters. The zero-order valence-corrected chi connectivity index (χ0v) is 31.8. The number of rotatable bonds is 5. The van der Waals surface area contributed by atoms with Gasteiger partial charge in [0.1, 0.15) is 17.2 Å². The zero-order chi connectivity index (χ0) is 37.9. The van der Waals surface area contributed by atoms with Gasteiger partial charge in [0, 0.05) is 40.9 Å². The molecule has 0 bridgehead atoms. The monoisotopic (exact) mass is 741 g/mol. The third-order valence-electron chi connectivity index (χ3n) is 13.1. The van der Waals surface area contributed by atoms with Crippen LogP contribution in [0.3, 0.4) is 0 Å². The second kappa shape index (κ2) is 12.0. The lowest BCUT2D eigenvalue weighted by molar-refractivity contribution is 0.122. The first-order chi connectivity index (χ1) is 28.1. The van der Waals surface area contributed by atoms with Gasteiger partial charge in [0.05, 0.1) is 32.8 Å². The van der Waals surface area contributed by atoms with Gasteiger partial charge in [-0.1, -0.05) is 103 Å². The summed E-state index contributed by atoms with van der Waals surface area (Å²) in [5.74, 6) is 2.47. The largest absolute Gasteiger partial charge is 0.497 e. The summed E-state index contributed by atoms with van der Waals surface area (Å²) in [5.41, 5.74) is 10.4. The summed E-state index contributed by atoms with van der Waals surface area (Å²) in [5, 5.41) is 7.27. The molecule has 1 fully saturated rings. The molecule has 0 radical (unpaired) electrons. The van der Waals surface area contributed by atoms with Crippen molar-refractivity contribution in [2.75, 3.05) is 45.4 Å². The van der Waals surface area contributed by atoms with Crippen molar-refractivity contribution in [1.29, 1.82) is 0 Å². The lowest BCUT2D eigenvalue weighted by Gasteiger charge is -2.39. The number of fused-ring (bicyclic) bond motifs is 12. The fourth-order valence-electron chi connectivity index (χ4n) is 10.6. The van der Waals surface area contributed by atoms with E-state index in [-0.39, 0.29) is 0 Å². The van der Waals surface area contributed by atoms with Gasteiger partial charge in [-0.05, 0) is 109 Å². The van der Waals surface area contributed by atoms with Crippen LogP contribution >= 0.6 is 0 Å². The predicted molar refractivity (Wildman–Crippen MR) is 229 cm³/mol. The van der Waals surface area contributed by atoms with Gasteiger partial charge in [0.25, 0.3) is 0 Å². The highest BCUT2D eigenvalue weighted by Gasteiger charge is 2.54. The van der Waals surface area contributed by atoms with Gasteiger partial charge < -0.3 is 23.8 Å². The minimum atomic E-state index is -0.900. The summed E-state index contributed by atoms with van der Waals surface area (Å²) in [4.78, 5) is 2.39. The lowest BCUT2D eigenvalue weighted by Crippen LogP contribution is -2.37. The van der Waals surface area contributed by atoms with E-state index in [2.05, 4.69) is 157 Å². The first-order valence-electron chi connectivity index (χ1n) is 19.8. The molecule has 57 heavy (non-hydrogen) atoms. The van der Waals surface area contributed by atoms with Crippen molar-refractivity contribution in [3.8, 4) is 28.4 Å². The van der Waals surface area contributed by atoms with Crippen LogP contribution in [0.5, 0.6) is 17.2 Å². The molecule has 4 aliphatic rings. The molecular formula is C52H39NO4. The molecule has 8 aromatic rings. The molecule has 0 saturated carbocycles. The highest BCUT2D eigenvalue weighted by atomic mass is 16.5. The average molecular weight is 742 g/mol. The van der Waals surface area contributed by atoms with Gasteiger partial charge in [-0.25, -0.2) is 0 Å². The van der Waals surface area contributed by atoms with Crippen LogP contribution in [0, 0.1) is 0 Å². The molecule has 2 heterocycles. The fraction of sp³-hybridized carbons (Fsp3) is 0.154. The molecule has 276 valence electrons. The van der Waals surface area contributed by atoms with E-state index in [1.165, 1.54) is 60.6 Å². The number of hydrogen-bond donors (Lipinski definition) is 0. The van der Waals surface area contributed by atoms with Gasteiger partial charge in [-0.15, -0.1) is 0 Å². The molecule has 0 N–H and O–H groups in total. The maximum atomic E-state index is 7.78. The normalized spacial score (nSPS) is 18.2. The molecule has 1 saturated heterocycles. The Kier molecular flexibility index (Phi) is 6.86. The third kappa shape index (κ3) is 4.27. The van der Waals surface area contributed by atoms with E-state index in [0.717, 1.165) is 71.0 Å². The van der Waals surface area contributed by atoms with Crippen LogP contribution in [0.25, 0.3) is 49.5 Å². The second-order valence-electron chi connectivity index (χ2n) is 15.6. The van der Waals surface area contributed by atoms with Crippen molar-refractivity contribution < 1.29 is 18.9 Å². The van der Waals surface area contributed by atoms with E-state index in [4.69, 9.17) is 18.9 Å². The Morgan fingerprint density at radius 1 is 0.596 bits per heavy atom. The van der Waals surface area contributed by atoms with Crippen molar-refractivity contribution >= 4 is 44.1 Å². The van der Waals surface area contributed by atoms with Crippen LogP contribution in [0.15, 0.2) is 146 Å². The number of anilines is 1. The van der Waals surface area contributed by atoms with E-state index < -0.39 is 11.0 Å². The van der Waals surface area contributed by atoms with E-state index in [1.54, 1.807) is 14.2 Å². The first kappa shape index (κ1) is 32.7. The van der Waals surface area contributed by atoms with Crippen LogP contribution in [0.4, 0.5) is 5.69 Å². The molecule has 2 aliphatic heterocycles. The Morgan fingerprint density at radius 2 is 1.26 bits per heavy atom. The summed E-state index contributed by atoms with van der Waals surface area (Å²) in [6.07, 6.45) is 4.65. The van der Waals surface area contributed by atoms with Crippen molar-refractivity contribution in [2.45, 2.75) is 11.0 Å². The molecule has 1 spiro atoms. The van der Waals surface area contributed by atoms with E-state index in [9.17, 15) is 0 Å². The number of nitrogens with zero attached hydrogens (tertiary/aromatic N) is 1. The lowest BCUT2D eigenvalue weighted by atomic mass is 9.68. The zero-order valence-electron chi connectivity index (χ0n) is 31.8. The SMILES string of the molecule is COc1ccc2c(c1)C1(c3c4c(c5cc(OC)ccc5c3-2)OC(c2ccccc2)(c2ccc(N3CCOCC3)cc2)C=C4)c2cccc3ccc4cccc1c4c23. The maximum absolute atomic E-state index is 7.78. The molecule has 0 amide bonds. The number of methoxy groups -OCH3 is 2. The van der Waals surface area contributed by atoms with Crippen LogP contribution in [0.1, 0.15) is 38.9 Å². The average Bonchev–Trinajstić information content (AvgIpc) is 3.77. The quantitative estimate of drug-likeness (QED) is 0.164. The number of hydrogen-bond acceptors (Lipinski definition) is 5. The second-order valence-corrected chi connectivity index (χ2v) is 15.6. The highest BCUT2D eigenvalue weighted by molar-refractivity contribution is 6.19. The fourth-order valence-corrected chi connectivity index (χ4v) is 10.6. The molecule has 2 aliphatic carbocycles. The van der Waals surface area contributed by atoms with Gasteiger partial charge >= 0.3 is 0 Å². The molecule has 12 rings (SSSR count). The Balaban J connectivity index is 1.19. The van der Waals surface area contributed by atoms with Gasteiger partial charge in [-0.2, -0.15) is 0 Å². The van der Waals surface area contributed by atoms with Crippen LogP contribution in [0.2, 0.25) is 0 Å². The van der Waals surface area contributed by atoms with Gasteiger partial charge in [0.15, 0.2) is 5.60 Å². The van der Waals surface area contributed by atoms with Crippen LogP contribution in [-0.4, -0.2) is 40.5 Å². The number of morpholine rings is 1. The smallest absolute Gasteiger partial charge is 0.178 e. The van der Waals surface area contributed by atoms with Crippen molar-refractivity contribution in [3.05, 3.63) is 185 Å². The summed E-state index contributed by atoms with van der Waals surface area (Å²) < 4.78 is 25.4. The van der Waals surface area contributed by atoms with Crippen LogP contribution in [-0.2, 0) is 15.8 Å². The van der Waals surface area contributed by atoms with Gasteiger partial charge in [0.2, 0.25) is 0 Å². The third-order valence-corrected chi connectivity index (χ3v) is 13.1. The first-order valence-corrected chi connectivity index (χ1v) is 19.8. The highest BCUT2D eigenvalue weighted by Crippen LogP contribution is 2.67. The van der Waals surface area contributed by atoms with Crippen molar-refractivity contribution in [3.63, 3.8) is 0 Å². The topological polar surface area (TPSA) is 40.2 Å². The summed E-state index contributed by atoms with van der Waals surface area (Å²) in [6.45, 7) is 3.25. The summed E-state index contributed by atoms with van der Waals surface area (Å²) >= 11 is 0. The summed E-state index contributed by atoms with van der Waals surface area (Å²) in [6, 6.07) is 50.9. The van der Waals surface area contributed by atoms with Crippen molar-refractivity contribution in [2.24, 2.45) is 0 Å². The molecular weight excluding hydrogens is 703 g/mol. The van der Waals surface area contributed by atoms with E-state index in [1.807, 2.05) is 0 Å². The Hall–Kier alpha value is -6.56. The Bertz CT molecular complexity index is 2940. The Morgan fingerprint density at radius 3 is 1.96 bits per heavy atom. The summed E-state index contributed by atoms with van der Waals surface area (Å²) in [7, 11) is 3.50. The van der Waals surface area contributed by atoms with Crippen LogP contribution < -0.4 is 19.1 Å². The molecule has 0 aromatic heterocycles. The molecule has 8 aromatic carbocycles. The molecule has 5 heteroatoms. The standard InChI is InChI=1S/C52H39NO4/c1-54-37-20-22-39-42(30-37)50-41(24-25-51(57-50,34-10-4-3-5-11-34)35-16-18-36(19-17-35)53-26-28-56-29-27-53)49-48(39)40-23-21-38(55-2)31-45(40)52(49)43-12-6-8-32-14-15-33-9-7-13-44(52)47(33)46(32)43/h3-25,30-31H,26-29H2,1-2H3. The minimum absolute atomic E-state index is 0.625. The number of ether oxygens (including phenoxy) is 4. The predicted octanol–water partition coefficient (Wildman–Crippen LogP) is 11.0. The maximum Gasteiger partial charge on any atom is 0.178 e. The minimum Gasteiger partial charge on any atom is -0.497 e. The van der Waals surface area contributed by atoms with E-state index >= 15 is 0 Å². The van der Waals surface area contributed by atoms with E-state index in [0.29, 0.717) is 0 Å².